The topological polar surface area (TPSA) is 29.5 Å². The lowest BCUT2D eigenvalue weighted by Crippen LogP contribution is -2.74. The minimum Gasteiger partial charge on any atom is -0.456 e. The average molecular weight is 836 g/mol. The lowest BCUT2D eigenvalue weighted by Gasteiger charge is -2.35. The van der Waals surface area contributed by atoms with Gasteiger partial charge in [-0.3, -0.25) is 0 Å². The van der Waals surface area contributed by atoms with Crippen LogP contribution in [0.3, 0.4) is 0 Å². The van der Waals surface area contributed by atoms with E-state index in [-0.39, 0.29) is 0 Å². The van der Waals surface area contributed by atoms with E-state index >= 15 is 0 Å². The molecule has 0 saturated carbocycles. The third-order valence-corrected chi connectivity index (χ3v) is 17.6. The van der Waals surface area contributed by atoms with Gasteiger partial charge in [0.2, 0.25) is 0 Å². The Morgan fingerprint density at radius 1 is 0.297 bits per heavy atom. The molecule has 0 aliphatic heterocycles. The number of nitrogens with zero attached hydrogens (tertiary/aromatic N) is 1. The van der Waals surface area contributed by atoms with Crippen molar-refractivity contribution >= 4 is 89.8 Å². The number of fused-ring (bicyclic) bond motifs is 6. The zero-order chi connectivity index (χ0) is 42.5. The first-order valence-electron chi connectivity index (χ1n) is 21.8. The molecule has 0 fully saturated rings. The quantitative estimate of drug-likeness (QED) is 0.107. The molecule has 10 aromatic carbocycles. The summed E-state index contributed by atoms with van der Waals surface area (Å²) in [5, 5.41) is 9.63. The van der Waals surface area contributed by atoms with Gasteiger partial charge in [0.15, 0.2) is 13.7 Å². The van der Waals surface area contributed by atoms with E-state index < -0.39 is 8.07 Å². The molecular weight excluding hydrogens is 795 g/mol. The second-order valence-electron chi connectivity index (χ2n) is 16.4. The Kier molecular flexibility index (Phi) is 9.17. The minimum absolute atomic E-state index is 0.823. The standard InChI is InChI=1S/C60H41NO2Si/c1-6-18-42(19-7-1)44-32-38-52-53-39-35-46(41-58(53)62-57(52)40-44)61(56-31-17-30-55-54-29-16-28-51(59(54)63-60(55)56)43-20-8-2-9-21-43)45-33-36-50(37-34-45)64(47-22-10-3-11-23-47,48-24-12-4-13-25-48)49-26-14-5-15-27-49/h1-41H. The van der Waals surface area contributed by atoms with Crippen LogP contribution in [0, 0.1) is 0 Å². The Morgan fingerprint density at radius 2 is 0.781 bits per heavy atom. The van der Waals surface area contributed by atoms with Crippen molar-refractivity contribution in [2.75, 3.05) is 4.90 Å². The number of para-hydroxylation sites is 2. The average Bonchev–Trinajstić information content (AvgIpc) is 3.95. The predicted molar refractivity (Wildman–Crippen MR) is 270 cm³/mol. The molecule has 4 heteroatoms. The Hall–Kier alpha value is -8.18. The van der Waals surface area contributed by atoms with Crippen LogP contribution in [0.1, 0.15) is 0 Å². The van der Waals surface area contributed by atoms with Crippen LogP contribution in [-0.2, 0) is 0 Å². The largest absolute Gasteiger partial charge is 0.456 e. The van der Waals surface area contributed by atoms with Crippen LogP contribution in [-0.4, -0.2) is 8.07 Å². The van der Waals surface area contributed by atoms with Gasteiger partial charge in [0, 0.05) is 38.9 Å². The summed E-state index contributed by atoms with van der Waals surface area (Å²) >= 11 is 0. The van der Waals surface area contributed by atoms with E-state index in [1.807, 2.05) is 6.07 Å². The van der Waals surface area contributed by atoms with Crippen molar-refractivity contribution < 1.29 is 8.83 Å². The van der Waals surface area contributed by atoms with Gasteiger partial charge >= 0.3 is 0 Å². The monoisotopic (exact) mass is 835 g/mol. The summed E-state index contributed by atoms with van der Waals surface area (Å²) in [6.07, 6.45) is 0. The molecule has 0 aliphatic carbocycles. The highest BCUT2D eigenvalue weighted by molar-refractivity contribution is 7.19. The van der Waals surface area contributed by atoms with Crippen molar-refractivity contribution in [3.8, 4) is 22.3 Å². The molecule has 0 atom stereocenters. The van der Waals surface area contributed by atoms with Gasteiger partial charge in [-0.15, -0.1) is 0 Å². The smallest absolute Gasteiger partial charge is 0.179 e. The summed E-state index contributed by atoms with van der Waals surface area (Å²) in [6.45, 7) is 0. The molecule has 0 aliphatic rings. The summed E-state index contributed by atoms with van der Waals surface area (Å²) in [7, 11) is -2.76. The van der Waals surface area contributed by atoms with Crippen LogP contribution in [0.2, 0.25) is 0 Å². The molecule has 0 amide bonds. The molecule has 64 heavy (non-hydrogen) atoms. The fourth-order valence-corrected chi connectivity index (χ4v) is 14.6. The summed E-state index contributed by atoms with van der Waals surface area (Å²) < 4.78 is 13.8. The van der Waals surface area contributed by atoms with E-state index in [1.165, 1.54) is 20.7 Å². The maximum atomic E-state index is 7.08. The van der Waals surface area contributed by atoms with Crippen molar-refractivity contribution in [2.45, 2.75) is 0 Å². The maximum Gasteiger partial charge on any atom is 0.179 e. The molecule has 2 heterocycles. The molecule has 0 N–H and O–H groups in total. The molecule has 0 spiro atoms. The van der Waals surface area contributed by atoms with E-state index in [0.717, 1.165) is 83.2 Å². The molecule has 0 radical (unpaired) electrons. The summed E-state index contributed by atoms with van der Waals surface area (Å²) in [5.41, 5.74) is 10.8. The highest BCUT2D eigenvalue weighted by Crippen LogP contribution is 2.45. The number of furan rings is 2. The highest BCUT2D eigenvalue weighted by Gasteiger charge is 2.41. The van der Waals surface area contributed by atoms with E-state index in [9.17, 15) is 0 Å². The Balaban J connectivity index is 1.07. The zero-order valence-corrected chi connectivity index (χ0v) is 35.9. The van der Waals surface area contributed by atoms with Crippen LogP contribution in [0.15, 0.2) is 258 Å². The Bertz CT molecular complexity index is 3490. The number of benzene rings is 10. The zero-order valence-electron chi connectivity index (χ0n) is 34.9. The molecule has 0 saturated heterocycles. The van der Waals surface area contributed by atoms with Crippen LogP contribution < -0.4 is 25.6 Å². The van der Waals surface area contributed by atoms with Crippen molar-refractivity contribution in [1.29, 1.82) is 0 Å². The van der Waals surface area contributed by atoms with E-state index in [1.54, 1.807) is 0 Å². The predicted octanol–water partition coefficient (Wildman–Crippen LogP) is 13.7. The summed E-state index contributed by atoms with van der Waals surface area (Å²) in [5.74, 6) is 0. The van der Waals surface area contributed by atoms with Gasteiger partial charge in [-0.25, -0.2) is 0 Å². The number of hydrogen-bond acceptors (Lipinski definition) is 3. The van der Waals surface area contributed by atoms with Gasteiger partial charge in [0.1, 0.15) is 16.7 Å². The van der Waals surface area contributed by atoms with Crippen LogP contribution in [0.4, 0.5) is 17.1 Å². The third kappa shape index (κ3) is 6.18. The normalized spacial score (nSPS) is 11.8. The maximum absolute atomic E-state index is 7.08. The molecule has 302 valence electrons. The van der Waals surface area contributed by atoms with Gasteiger partial charge in [-0.05, 0) is 79.9 Å². The molecule has 2 aromatic heterocycles. The van der Waals surface area contributed by atoms with Crippen molar-refractivity contribution in [3.63, 3.8) is 0 Å². The summed E-state index contributed by atoms with van der Waals surface area (Å²) in [4.78, 5) is 2.33. The van der Waals surface area contributed by atoms with Crippen LogP contribution in [0.25, 0.3) is 66.1 Å². The van der Waals surface area contributed by atoms with E-state index in [2.05, 4.69) is 248 Å². The van der Waals surface area contributed by atoms with Crippen LogP contribution >= 0.6 is 0 Å². The lowest BCUT2D eigenvalue weighted by atomic mass is 10.0. The first-order valence-corrected chi connectivity index (χ1v) is 23.8. The molecule has 0 bridgehead atoms. The van der Waals surface area contributed by atoms with Gasteiger partial charge in [-0.2, -0.15) is 0 Å². The van der Waals surface area contributed by atoms with Crippen molar-refractivity contribution in [2.24, 2.45) is 0 Å². The van der Waals surface area contributed by atoms with E-state index in [0.29, 0.717) is 0 Å². The van der Waals surface area contributed by atoms with Crippen molar-refractivity contribution in [1.82, 2.24) is 0 Å². The second kappa shape index (κ2) is 15.6. The van der Waals surface area contributed by atoms with Gasteiger partial charge < -0.3 is 13.7 Å². The Labute approximate surface area is 372 Å². The number of anilines is 3. The third-order valence-electron chi connectivity index (χ3n) is 12.8. The van der Waals surface area contributed by atoms with Gasteiger partial charge in [0.25, 0.3) is 0 Å². The second-order valence-corrected chi connectivity index (χ2v) is 20.2. The fraction of sp³-hybridized carbons (Fsp3) is 0. The van der Waals surface area contributed by atoms with Crippen LogP contribution in [0.5, 0.6) is 0 Å². The van der Waals surface area contributed by atoms with Gasteiger partial charge in [-0.1, -0.05) is 200 Å². The Morgan fingerprint density at radius 3 is 1.39 bits per heavy atom. The number of rotatable bonds is 9. The van der Waals surface area contributed by atoms with E-state index in [4.69, 9.17) is 8.83 Å². The van der Waals surface area contributed by atoms with Crippen molar-refractivity contribution in [3.05, 3.63) is 249 Å². The highest BCUT2D eigenvalue weighted by atomic mass is 28.3. The first-order chi connectivity index (χ1) is 31.7. The SMILES string of the molecule is c1ccc(-c2ccc3c(c2)oc2cc(N(c4ccc([Si](c5ccccc5)(c5ccccc5)c5ccccc5)cc4)c4cccc5c4oc4c(-c6ccccc6)cccc45)ccc23)cc1. The molecule has 12 rings (SSSR count). The lowest BCUT2D eigenvalue weighted by molar-refractivity contribution is 0.668. The van der Waals surface area contributed by atoms with Gasteiger partial charge in [0.05, 0.1) is 11.4 Å². The molecular formula is C60H41NO2Si. The summed E-state index contributed by atoms with van der Waals surface area (Å²) in [6, 6.07) is 89.6. The number of hydrogen-bond donors (Lipinski definition) is 0. The fourth-order valence-electron chi connectivity index (χ4n) is 9.89. The molecule has 12 aromatic rings. The minimum atomic E-state index is -2.76. The first kappa shape index (κ1) is 37.6. The molecule has 0 unspecified atom stereocenters. The molecule has 3 nitrogen and oxygen atoms in total.